The second kappa shape index (κ2) is 8.93. The summed E-state index contributed by atoms with van der Waals surface area (Å²) < 4.78 is 52.8. The lowest BCUT2D eigenvalue weighted by atomic mass is 9.72. The van der Waals surface area contributed by atoms with Gasteiger partial charge in [0.2, 0.25) is 0 Å². The zero-order valence-corrected chi connectivity index (χ0v) is 20.2. The Bertz CT molecular complexity index is 1410. The van der Waals surface area contributed by atoms with Crippen LogP contribution in [-0.2, 0) is 12.7 Å². The van der Waals surface area contributed by atoms with Crippen molar-refractivity contribution in [1.82, 2.24) is 9.88 Å². The normalized spacial score (nSPS) is 18.0. The maximum Gasteiger partial charge on any atom is 0.416 e. The smallest absolute Gasteiger partial charge is 0.348 e. The molecular formula is C23H19ClF4N4O3S. The molecule has 7 nitrogen and oxygen atoms in total. The number of aromatic nitrogens is 1. The monoisotopic (exact) mass is 542 g/mol. The van der Waals surface area contributed by atoms with E-state index in [2.05, 4.69) is 9.88 Å². The van der Waals surface area contributed by atoms with Crippen LogP contribution < -0.4 is 10.5 Å². The Hall–Kier alpha value is -2.83. The van der Waals surface area contributed by atoms with Crippen LogP contribution in [-0.4, -0.2) is 41.0 Å². The molecule has 2 aliphatic rings. The first-order chi connectivity index (χ1) is 16.9. The molecule has 2 fully saturated rings. The topological polar surface area (TPSA) is 79.6 Å². The van der Waals surface area contributed by atoms with Gasteiger partial charge in [-0.3, -0.25) is 19.8 Å². The molecule has 1 spiro atoms. The van der Waals surface area contributed by atoms with E-state index in [0.717, 1.165) is 42.8 Å². The molecule has 5 rings (SSSR count). The van der Waals surface area contributed by atoms with Crippen LogP contribution in [0.1, 0.15) is 24.0 Å². The number of fused-ring (bicyclic) bond motifs is 1. The highest BCUT2D eigenvalue weighted by molar-refractivity contribution is 7.22. The minimum atomic E-state index is -4.82. The van der Waals surface area contributed by atoms with Crippen molar-refractivity contribution < 1.29 is 22.5 Å². The number of hydrogen-bond acceptors (Lipinski definition) is 7. The zero-order chi connectivity index (χ0) is 25.8. The Balaban J connectivity index is 1.30. The summed E-state index contributed by atoms with van der Waals surface area (Å²) in [5.74, 6) is -0.455. The molecule has 0 aliphatic carbocycles. The molecule has 2 saturated heterocycles. The lowest BCUT2D eigenvalue weighted by molar-refractivity contribution is -0.383. The van der Waals surface area contributed by atoms with E-state index in [0.29, 0.717) is 31.8 Å². The number of nitrogens with zero attached hydrogens (tertiary/aromatic N) is 4. The number of non-ortho nitro benzene ring substituents is 1. The van der Waals surface area contributed by atoms with E-state index >= 15 is 0 Å². The number of likely N-dealkylation sites (tertiary alicyclic amines) is 1. The first-order valence-corrected chi connectivity index (χ1v) is 12.3. The van der Waals surface area contributed by atoms with Gasteiger partial charge in [0, 0.05) is 38.8 Å². The van der Waals surface area contributed by atoms with Crippen molar-refractivity contribution in [3.63, 3.8) is 0 Å². The predicted molar refractivity (Wildman–Crippen MR) is 128 cm³/mol. The summed E-state index contributed by atoms with van der Waals surface area (Å²) in [6, 6.07) is 5.76. The van der Waals surface area contributed by atoms with Crippen LogP contribution in [0, 0.1) is 21.3 Å². The van der Waals surface area contributed by atoms with E-state index < -0.39 is 39.1 Å². The minimum Gasteiger partial charge on any atom is -0.348 e. The highest BCUT2D eigenvalue weighted by Crippen LogP contribution is 2.43. The Morgan fingerprint density at radius 3 is 2.47 bits per heavy atom. The van der Waals surface area contributed by atoms with Crippen molar-refractivity contribution in [2.45, 2.75) is 25.6 Å². The molecule has 0 amide bonds. The van der Waals surface area contributed by atoms with Gasteiger partial charge in [-0.15, -0.1) is 0 Å². The SMILES string of the molecule is O=c1nc(N2CCC3(CC2)CN(Cc2ccc(F)c(Cl)c2)C3)sc2c([N+](=O)[O-])cc(C(F)(F)F)cc12. The number of halogens is 5. The van der Waals surface area contributed by atoms with E-state index in [1.54, 1.807) is 12.1 Å². The Kier molecular flexibility index (Phi) is 6.16. The molecule has 190 valence electrons. The Morgan fingerprint density at radius 2 is 1.86 bits per heavy atom. The molecule has 0 unspecified atom stereocenters. The third kappa shape index (κ3) is 4.64. The fourth-order valence-electron chi connectivity index (χ4n) is 4.97. The van der Waals surface area contributed by atoms with Gasteiger partial charge in [0.25, 0.3) is 11.2 Å². The highest BCUT2D eigenvalue weighted by atomic mass is 35.5. The summed E-state index contributed by atoms with van der Waals surface area (Å²) >= 11 is 6.73. The number of hydrogen-bond donors (Lipinski definition) is 0. The number of rotatable bonds is 4. The van der Waals surface area contributed by atoms with Gasteiger partial charge in [-0.05, 0) is 42.0 Å². The quantitative estimate of drug-likeness (QED) is 0.247. The summed E-state index contributed by atoms with van der Waals surface area (Å²) in [6.45, 7) is 3.49. The minimum absolute atomic E-state index is 0.0905. The fraction of sp³-hybridized carbons (Fsp3) is 0.391. The van der Waals surface area contributed by atoms with Gasteiger partial charge in [0.1, 0.15) is 10.5 Å². The first-order valence-electron chi connectivity index (χ1n) is 11.1. The third-order valence-electron chi connectivity index (χ3n) is 6.82. The van der Waals surface area contributed by atoms with Crippen molar-refractivity contribution in [2.24, 2.45) is 5.41 Å². The van der Waals surface area contributed by atoms with Crippen molar-refractivity contribution in [3.8, 4) is 0 Å². The standard InChI is InChI=1S/C23H19ClF4N4O3S/c24-16-7-13(1-2-17(16)25)10-30-11-22(12-30)3-5-31(6-4-22)21-29-20(33)15-8-14(23(26,27)28)9-18(32(34)35)19(15)36-21/h1-2,7-9H,3-6,10-12H2. The maximum absolute atomic E-state index is 13.4. The van der Waals surface area contributed by atoms with Gasteiger partial charge in [-0.2, -0.15) is 18.2 Å². The molecule has 36 heavy (non-hydrogen) atoms. The number of alkyl halides is 3. The van der Waals surface area contributed by atoms with E-state index in [1.165, 1.54) is 6.07 Å². The molecule has 0 N–H and O–H groups in total. The van der Waals surface area contributed by atoms with E-state index in [-0.39, 0.29) is 20.3 Å². The highest BCUT2D eigenvalue weighted by Gasteiger charge is 2.45. The number of nitro groups is 1. The van der Waals surface area contributed by atoms with Crippen LogP contribution in [0.5, 0.6) is 0 Å². The summed E-state index contributed by atoms with van der Waals surface area (Å²) in [4.78, 5) is 31.3. The van der Waals surface area contributed by atoms with Crippen molar-refractivity contribution >= 4 is 43.8 Å². The van der Waals surface area contributed by atoms with Gasteiger partial charge >= 0.3 is 6.18 Å². The average molecular weight is 543 g/mol. The third-order valence-corrected chi connectivity index (χ3v) is 8.27. The van der Waals surface area contributed by atoms with Gasteiger partial charge in [0.05, 0.1) is 20.9 Å². The van der Waals surface area contributed by atoms with Crippen LogP contribution in [0.4, 0.5) is 28.4 Å². The van der Waals surface area contributed by atoms with Crippen LogP contribution >= 0.6 is 22.9 Å². The average Bonchev–Trinajstić information content (AvgIpc) is 2.79. The predicted octanol–water partition coefficient (Wildman–Crippen LogP) is 5.48. The van der Waals surface area contributed by atoms with Crippen LogP contribution in [0.25, 0.3) is 10.1 Å². The van der Waals surface area contributed by atoms with Crippen LogP contribution in [0.3, 0.4) is 0 Å². The lowest BCUT2D eigenvalue weighted by Crippen LogP contribution is -2.59. The van der Waals surface area contributed by atoms with Gasteiger partial charge in [-0.1, -0.05) is 29.0 Å². The largest absolute Gasteiger partial charge is 0.416 e. The van der Waals surface area contributed by atoms with E-state index in [4.69, 9.17) is 11.6 Å². The van der Waals surface area contributed by atoms with Crippen LogP contribution in [0.2, 0.25) is 5.02 Å². The molecule has 0 radical (unpaired) electrons. The summed E-state index contributed by atoms with van der Waals surface area (Å²) in [6.07, 6.45) is -3.21. The molecule has 2 aliphatic heterocycles. The lowest BCUT2D eigenvalue weighted by Gasteiger charge is -2.54. The van der Waals surface area contributed by atoms with Crippen LogP contribution in [0.15, 0.2) is 35.1 Å². The molecule has 0 saturated carbocycles. The molecule has 3 heterocycles. The summed E-state index contributed by atoms with van der Waals surface area (Å²) in [7, 11) is 0. The second-order valence-corrected chi connectivity index (χ2v) is 10.7. The molecular weight excluding hydrogens is 524 g/mol. The first kappa shape index (κ1) is 24.8. The van der Waals surface area contributed by atoms with Gasteiger partial charge < -0.3 is 4.90 Å². The molecule has 1 aromatic heterocycles. The Labute approximate surface area is 211 Å². The fourth-order valence-corrected chi connectivity index (χ4v) is 6.29. The molecule has 0 atom stereocenters. The van der Waals surface area contributed by atoms with Gasteiger partial charge in [-0.25, -0.2) is 4.39 Å². The number of anilines is 1. The van der Waals surface area contributed by atoms with E-state index in [1.807, 2.05) is 4.90 Å². The molecule has 0 bridgehead atoms. The van der Waals surface area contributed by atoms with Crippen molar-refractivity contribution in [3.05, 3.63) is 72.8 Å². The Morgan fingerprint density at radius 1 is 1.17 bits per heavy atom. The second-order valence-electron chi connectivity index (χ2n) is 9.31. The zero-order valence-electron chi connectivity index (χ0n) is 18.6. The molecule has 2 aromatic carbocycles. The summed E-state index contributed by atoms with van der Waals surface area (Å²) in [5.41, 5.74) is -1.90. The molecule has 3 aromatic rings. The van der Waals surface area contributed by atoms with E-state index in [9.17, 15) is 32.5 Å². The number of nitro benzene ring substituents is 1. The number of piperidine rings is 1. The van der Waals surface area contributed by atoms with Crippen molar-refractivity contribution in [2.75, 3.05) is 31.1 Å². The molecule has 13 heteroatoms. The maximum atomic E-state index is 13.4. The van der Waals surface area contributed by atoms with Crippen molar-refractivity contribution in [1.29, 1.82) is 0 Å². The number of benzene rings is 2. The summed E-state index contributed by atoms with van der Waals surface area (Å²) in [5, 5.41) is 11.4. The van der Waals surface area contributed by atoms with Gasteiger partial charge in [0.15, 0.2) is 5.13 Å².